The fourth-order valence-electron chi connectivity index (χ4n) is 2.42. The largest absolute Gasteiger partial charge is 0.499 e. The van der Waals surface area contributed by atoms with Crippen LogP contribution in [0.3, 0.4) is 0 Å². The Morgan fingerprint density at radius 1 is 1.23 bits per heavy atom. The van der Waals surface area contributed by atoms with Gasteiger partial charge in [-0.1, -0.05) is 29.8 Å². The molecule has 136 valence electrons. The van der Waals surface area contributed by atoms with Crippen LogP contribution in [0.5, 0.6) is 11.5 Å². The molecule has 26 heavy (non-hydrogen) atoms. The van der Waals surface area contributed by atoms with Crippen molar-refractivity contribution in [3.8, 4) is 11.5 Å². The molecule has 8 nitrogen and oxygen atoms in total. The van der Waals surface area contributed by atoms with Gasteiger partial charge in [-0.2, -0.15) is 0 Å². The molecular weight excluding hydrogens is 342 g/mol. The van der Waals surface area contributed by atoms with Crippen LogP contribution in [0.2, 0.25) is 0 Å². The minimum absolute atomic E-state index is 0.00792. The number of nitro groups is 1. The summed E-state index contributed by atoms with van der Waals surface area (Å²) in [6, 6.07) is 7.34. The van der Waals surface area contributed by atoms with Crippen LogP contribution in [-0.4, -0.2) is 35.5 Å². The van der Waals surface area contributed by atoms with Crippen molar-refractivity contribution >= 4 is 17.4 Å². The Morgan fingerprint density at radius 2 is 1.85 bits per heavy atom. The van der Waals surface area contributed by atoms with Crippen LogP contribution in [0.1, 0.15) is 38.8 Å². The molecule has 0 saturated heterocycles. The number of nitro benzene ring substituents is 1. The Kier molecular flexibility index (Phi) is 5.56. The third kappa shape index (κ3) is 3.49. The van der Waals surface area contributed by atoms with E-state index in [-0.39, 0.29) is 23.5 Å². The Balaban J connectivity index is 2.80. The van der Waals surface area contributed by atoms with Gasteiger partial charge in [0.25, 0.3) is 0 Å². The van der Waals surface area contributed by atoms with E-state index in [1.807, 2.05) is 6.92 Å². The molecule has 0 aliphatic carbocycles. The van der Waals surface area contributed by atoms with Crippen molar-refractivity contribution in [3.05, 3.63) is 62.7 Å². The third-order valence-corrected chi connectivity index (χ3v) is 3.68. The van der Waals surface area contributed by atoms with Crippen molar-refractivity contribution in [1.82, 2.24) is 0 Å². The Bertz CT molecular complexity index is 872. The number of hydrogen-bond donors (Lipinski definition) is 1. The molecule has 2 aromatic carbocycles. The van der Waals surface area contributed by atoms with E-state index in [2.05, 4.69) is 0 Å². The van der Waals surface area contributed by atoms with Gasteiger partial charge in [0.2, 0.25) is 11.5 Å². The number of nitrogens with zero attached hydrogens (tertiary/aromatic N) is 1. The first kappa shape index (κ1) is 18.9. The van der Waals surface area contributed by atoms with Crippen LogP contribution >= 0.6 is 0 Å². The summed E-state index contributed by atoms with van der Waals surface area (Å²) in [4.78, 5) is 35.8. The number of phenolic OH excluding ortho intramolecular Hbond substituents is 1. The Labute approximate surface area is 149 Å². The average Bonchev–Trinajstić information content (AvgIpc) is 2.61. The zero-order chi connectivity index (χ0) is 19.4. The molecule has 0 aliphatic heterocycles. The second-order valence-corrected chi connectivity index (χ2v) is 5.37. The lowest BCUT2D eigenvalue weighted by atomic mass is 9.95. The lowest BCUT2D eigenvalue weighted by molar-refractivity contribution is -0.386. The quantitative estimate of drug-likeness (QED) is 0.365. The Morgan fingerprint density at radius 3 is 2.35 bits per heavy atom. The molecule has 0 spiro atoms. The fourth-order valence-corrected chi connectivity index (χ4v) is 2.42. The lowest BCUT2D eigenvalue weighted by Crippen LogP contribution is -2.15. The minimum Gasteiger partial charge on any atom is -0.499 e. The maximum absolute atomic E-state index is 12.9. The van der Waals surface area contributed by atoms with E-state index in [0.29, 0.717) is 0 Å². The first-order valence-corrected chi connectivity index (χ1v) is 7.68. The number of hydrogen-bond acceptors (Lipinski definition) is 7. The average molecular weight is 359 g/mol. The number of methoxy groups -OCH3 is 1. The maximum Gasteiger partial charge on any atom is 0.339 e. The van der Waals surface area contributed by atoms with Gasteiger partial charge in [0.1, 0.15) is 5.56 Å². The van der Waals surface area contributed by atoms with Crippen LogP contribution in [0.25, 0.3) is 0 Å². The molecule has 0 aliphatic rings. The van der Waals surface area contributed by atoms with Gasteiger partial charge >= 0.3 is 11.7 Å². The van der Waals surface area contributed by atoms with E-state index in [1.54, 1.807) is 19.1 Å². The summed E-state index contributed by atoms with van der Waals surface area (Å²) < 4.78 is 9.78. The smallest absolute Gasteiger partial charge is 0.339 e. The van der Waals surface area contributed by atoms with Gasteiger partial charge in [-0.15, -0.1) is 0 Å². The molecule has 0 amide bonds. The first-order chi connectivity index (χ1) is 12.3. The van der Waals surface area contributed by atoms with Crippen molar-refractivity contribution in [2.75, 3.05) is 13.7 Å². The highest BCUT2D eigenvalue weighted by molar-refractivity contribution is 6.17. The normalized spacial score (nSPS) is 10.3. The van der Waals surface area contributed by atoms with Gasteiger partial charge in [-0.3, -0.25) is 14.9 Å². The first-order valence-electron chi connectivity index (χ1n) is 7.68. The molecule has 1 N–H and O–H groups in total. The molecule has 0 bridgehead atoms. The molecule has 2 aromatic rings. The van der Waals surface area contributed by atoms with E-state index in [1.165, 1.54) is 19.2 Å². The van der Waals surface area contributed by atoms with Crippen molar-refractivity contribution in [2.45, 2.75) is 13.8 Å². The third-order valence-electron chi connectivity index (χ3n) is 3.68. The molecule has 0 heterocycles. The highest BCUT2D eigenvalue weighted by atomic mass is 16.6. The van der Waals surface area contributed by atoms with Crippen molar-refractivity contribution < 1.29 is 29.1 Å². The van der Waals surface area contributed by atoms with Crippen LogP contribution in [0.4, 0.5) is 5.69 Å². The van der Waals surface area contributed by atoms with Gasteiger partial charge in [-0.25, -0.2) is 4.79 Å². The van der Waals surface area contributed by atoms with Gasteiger partial charge in [0.15, 0.2) is 5.75 Å². The highest BCUT2D eigenvalue weighted by Crippen LogP contribution is 2.42. The predicted molar refractivity (Wildman–Crippen MR) is 91.9 cm³/mol. The molecule has 0 radical (unpaired) electrons. The van der Waals surface area contributed by atoms with E-state index < -0.39 is 33.7 Å². The molecule has 8 heteroatoms. The van der Waals surface area contributed by atoms with Gasteiger partial charge in [0, 0.05) is 5.56 Å². The number of ketones is 1. The van der Waals surface area contributed by atoms with E-state index >= 15 is 0 Å². The summed E-state index contributed by atoms with van der Waals surface area (Å²) in [7, 11) is 1.18. The predicted octanol–water partition coefficient (Wildman–Crippen LogP) is 3.03. The fraction of sp³-hybridized carbons (Fsp3) is 0.222. The summed E-state index contributed by atoms with van der Waals surface area (Å²) >= 11 is 0. The van der Waals surface area contributed by atoms with Crippen LogP contribution in [0, 0.1) is 17.0 Å². The molecule has 0 atom stereocenters. The zero-order valence-corrected chi connectivity index (χ0v) is 14.4. The highest BCUT2D eigenvalue weighted by Gasteiger charge is 2.35. The lowest BCUT2D eigenvalue weighted by Gasteiger charge is -2.13. The molecule has 0 fully saturated rings. The second-order valence-electron chi connectivity index (χ2n) is 5.37. The van der Waals surface area contributed by atoms with E-state index in [0.717, 1.165) is 11.6 Å². The SMILES string of the molecule is CCOC(=O)c1cc(OC)c(O)c([N+](=O)[O-])c1C(=O)c1ccc(C)cc1. The monoisotopic (exact) mass is 359 g/mol. The molecule has 0 aromatic heterocycles. The van der Waals surface area contributed by atoms with Crippen LogP contribution < -0.4 is 4.74 Å². The summed E-state index contributed by atoms with van der Waals surface area (Å²) in [5, 5.41) is 21.7. The number of aryl methyl sites for hydroxylation is 1. The van der Waals surface area contributed by atoms with Gasteiger partial charge in [-0.05, 0) is 19.9 Å². The number of carbonyl (C=O) groups excluding carboxylic acids is 2. The van der Waals surface area contributed by atoms with Gasteiger partial charge < -0.3 is 14.6 Å². The zero-order valence-electron chi connectivity index (χ0n) is 14.4. The van der Waals surface area contributed by atoms with Crippen molar-refractivity contribution in [3.63, 3.8) is 0 Å². The standard InChI is InChI=1S/C18H17NO7/c1-4-26-18(22)12-9-13(25-3)17(21)15(19(23)24)14(12)16(20)11-7-5-10(2)6-8-11/h5-9,21H,4H2,1-3H3. The number of carbonyl (C=O) groups is 2. The number of ether oxygens (including phenoxy) is 2. The summed E-state index contributed by atoms with van der Waals surface area (Å²) in [5.74, 6) is -2.84. The second kappa shape index (κ2) is 7.64. The van der Waals surface area contributed by atoms with Crippen LogP contribution in [-0.2, 0) is 4.74 Å². The topological polar surface area (TPSA) is 116 Å². The van der Waals surface area contributed by atoms with E-state index in [4.69, 9.17) is 9.47 Å². The molecule has 2 rings (SSSR count). The molecular formula is C18H17NO7. The Hall–Kier alpha value is -3.42. The number of benzene rings is 2. The van der Waals surface area contributed by atoms with E-state index in [9.17, 15) is 24.8 Å². The molecule has 0 saturated carbocycles. The summed E-state index contributed by atoms with van der Waals surface area (Å²) in [6.45, 7) is 3.39. The van der Waals surface area contributed by atoms with Crippen molar-refractivity contribution in [2.24, 2.45) is 0 Å². The number of rotatable bonds is 6. The van der Waals surface area contributed by atoms with Crippen LogP contribution in [0.15, 0.2) is 30.3 Å². The summed E-state index contributed by atoms with van der Waals surface area (Å²) in [6.07, 6.45) is 0. The van der Waals surface area contributed by atoms with Gasteiger partial charge in [0.05, 0.1) is 24.2 Å². The maximum atomic E-state index is 12.9. The number of esters is 1. The van der Waals surface area contributed by atoms with Crippen molar-refractivity contribution in [1.29, 1.82) is 0 Å². The number of phenols is 1. The minimum atomic E-state index is -0.929. The summed E-state index contributed by atoms with van der Waals surface area (Å²) in [5.41, 5.74) is -0.777. The molecule has 0 unspecified atom stereocenters. The number of aromatic hydroxyl groups is 1.